The smallest absolute Gasteiger partial charge is 0.325 e. The van der Waals surface area contributed by atoms with Crippen molar-refractivity contribution in [3.8, 4) is 17.2 Å². The van der Waals surface area contributed by atoms with Crippen LogP contribution in [0.5, 0.6) is 0 Å². The van der Waals surface area contributed by atoms with Crippen LogP contribution in [0.2, 0.25) is 0 Å². The van der Waals surface area contributed by atoms with Gasteiger partial charge in [-0.3, -0.25) is 4.79 Å². The van der Waals surface area contributed by atoms with Gasteiger partial charge >= 0.3 is 5.97 Å². The van der Waals surface area contributed by atoms with Gasteiger partial charge in [-0.15, -0.1) is 5.10 Å². The summed E-state index contributed by atoms with van der Waals surface area (Å²) >= 11 is 0. The third-order valence-corrected chi connectivity index (χ3v) is 5.63. The van der Waals surface area contributed by atoms with Crippen LogP contribution in [0.4, 0.5) is 5.82 Å². The van der Waals surface area contributed by atoms with Crippen LogP contribution >= 0.6 is 0 Å². The summed E-state index contributed by atoms with van der Waals surface area (Å²) in [5.74, 6) is 1.09. The molecule has 0 aliphatic carbocycles. The van der Waals surface area contributed by atoms with Gasteiger partial charge < -0.3 is 14.2 Å². The Labute approximate surface area is 201 Å². The van der Waals surface area contributed by atoms with Gasteiger partial charge in [-0.1, -0.05) is 19.1 Å². The lowest BCUT2D eigenvalue weighted by Crippen LogP contribution is -2.32. The number of benzene rings is 1. The summed E-state index contributed by atoms with van der Waals surface area (Å²) in [6.07, 6.45) is 4.44. The molecule has 1 aromatic carbocycles. The van der Waals surface area contributed by atoms with Crippen LogP contribution in [0.15, 0.2) is 60.9 Å². The summed E-state index contributed by atoms with van der Waals surface area (Å²) < 4.78 is 9.01. The van der Waals surface area contributed by atoms with Crippen LogP contribution in [0.1, 0.15) is 25.1 Å². The van der Waals surface area contributed by atoms with Gasteiger partial charge in [-0.25, -0.2) is 10.1 Å². The van der Waals surface area contributed by atoms with Crippen molar-refractivity contribution in [1.82, 2.24) is 39.8 Å². The number of hydrogen-bond acceptors (Lipinski definition) is 8. The number of rotatable bonds is 9. The van der Waals surface area contributed by atoms with Crippen molar-refractivity contribution >= 4 is 17.4 Å². The number of nitrogens with zero attached hydrogens (tertiary/aromatic N) is 8. The standard InChI is InChI=1S/C24H25N9O2/c1-3-18-14-22(33-21(26-18)11-12-25-33)31(16-23(34)35-4-2)15-17-7-9-19(10-8-17)32-13-5-6-20(32)24-27-29-30-28-24/h5-14H,3-4,15-16H2,1-2H3,(H,27,28,29,30). The zero-order chi connectivity index (χ0) is 24.2. The minimum atomic E-state index is -0.295. The molecular formula is C24H25N9O2. The largest absolute Gasteiger partial charge is 0.465 e. The second-order valence-electron chi connectivity index (χ2n) is 7.90. The average molecular weight is 472 g/mol. The van der Waals surface area contributed by atoms with E-state index >= 15 is 0 Å². The zero-order valence-corrected chi connectivity index (χ0v) is 19.5. The molecule has 4 heterocycles. The molecule has 5 rings (SSSR count). The van der Waals surface area contributed by atoms with Gasteiger partial charge in [0.15, 0.2) is 11.5 Å². The van der Waals surface area contributed by atoms with E-state index in [-0.39, 0.29) is 12.5 Å². The third kappa shape index (κ3) is 4.60. The molecule has 11 nitrogen and oxygen atoms in total. The van der Waals surface area contributed by atoms with Crippen molar-refractivity contribution in [2.75, 3.05) is 18.1 Å². The fourth-order valence-electron chi connectivity index (χ4n) is 3.98. The van der Waals surface area contributed by atoms with E-state index in [9.17, 15) is 4.79 Å². The van der Waals surface area contributed by atoms with E-state index in [1.165, 1.54) is 0 Å². The first kappa shape index (κ1) is 22.3. The molecule has 0 radical (unpaired) electrons. The molecule has 4 aromatic heterocycles. The lowest BCUT2D eigenvalue weighted by molar-refractivity contribution is -0.141. The highest BCUT2D eigenvalue weighted by molar-refractivity contribution is 5.75. The molecule has 0 aliphatic rings. The van der Waals surface area contributed by atoms with Crippen LogP contribution in [-0.2, 0) is 22.5 Å². The number of hydrogen-bond donors (Lipinski definition) is 1. The first-order chi connectivity index (χ1) is 17.2. The average Bonchev–Trinajstić information content (AvgIpc) is 3.65. The summed E-state index contributed by atoms with van der Waals surface area (Å²) in [6.45, 7) is 4.77. The SMILES string of the molecule is CCOC(=O)CN(Cc1ccc(-n2cccc2-c2nnn[nH]2)cc1)c1cc(CC)nc2ccnn12. The molecule has 0 saturated carbocycles. The molecule has 0 spiro atoms. The molecule has 0 saturated heterocycles. The molecule has 11 heteroatoms. The topological polar surface area (TPSA) is 119 Å². The van der Waals surface area contributed by atoms with Crippen molar-refractivity contribution in [1.29, 1.82) is 0 Å². The van der Waals surface area contributed by atoms with E-state index in [0.29, 0.717) is 19.0 Å². The highest BCUT2D eigenvalue weighted by atomic mass is 16.5. The molecule has 0 amide bonds. The maximum absolute atomic E-state index is 12.5. The fourth-order valence-corrected chi connectivity index (χ4v) is 3.98. The number of aryl methyl sites for hydroxylation is 1. The first-order valence-electron chi connectivity index (χ1n) is 11.4. The van der Waals surface area contributed by atoms with Crippen LogP contribution in [0.25, 0.3) is 22.9 Å². The monoisotopic (exact) mass is 471 g/mol. The van der Waals surface area contributed by atoms with Gasteiger partial charge in [0.25, 0.3) is 0 Å². The lowest BCUT2D eigenvalue weighted by Gasteiger charge is -2.25. The van der Waals surface area contributed by atoms with Crippen molar-refractivity contribution in [3.05, 3.63) is 72.2 Å². The molecule has 0 fully saturated rings. The van der Waals surface area contributed by atoms with E-state index in [1.807, 2.05) is 64.2 Å². The van der Waals surface area contributed by atoms with E-state index < -0.39 is 0 Å². The number of nitrogens with one attached hydrogen (secondary N) is 1. The Morgan fingerprint density at radius 3 is 2.74 bits per heavy atom. The second kappa shape index (κ2) is 9.75. The number of tetrazole rings is 1. The zero-order valence-electron chi connectivity index (χ0n) is 19.5. The number of fused-ring (bicyclic) bond motifs is 1. The number of H-pyrrole nitrogens is 1. The molecule has 5 aromatic rings. The molecule has 0 unspecified atom stereocenters. The van der Waals surface area contributed by atoms with E-state index in [2.05, 4.69) is 37.6 Å². The van der Waals surface area contributed by atoms with Crippen molar-refractivity contribution in [3.63, 3.8) is 0 Å². The van der Waals surface area contributed by atoms with Gasteiger partial charge in [0.1, 0.15) is 12.4 Å². The van der Waals surface area contributed by atoms with Crippen molar-refractivity contribution in [2.24, 2.45) is 0 Å². The number of anilines is 1. The number of carbonyl (C=O) groups excluding carboxylic acids is 1. The minimum Gasteiger partial charge on any atom is -0.465 e. The van der Waals surface area contributed by atoms with Crippen molar-refractivity contribution in [2.45, 2.75) is 26.8 Å². The number of ether oxygens (including phenoxy) is 1. The number of carbonyl (C=O) groups is 1. The van der Waals surface area contributed by atoms with E-state index in [4.69, 9.17) is 4.74 Å². The van der Waals surface area contributed by atoms with Crippen LogP contribution < -0.4 is 4.90 Å². The molecule has 0 bridgehead atoms. The van der Waals surface area contributed by atoms with Gasteiger partial charge in [0, 0.05) is 36.3 Å². The second-order valence-corrected chi connectivity index (χ2v) is 7.90. The van der Waals surface area contributed by atoms with Crippen LogP contribution in [0.3, 0.4) is 0 Å². The first-order valence-corrected chi connectivity index (χ1v) is 11.4. The Bertz CT molecular complexity index is 1420. The minimum absolute atomic E-state index is 0.0952. The highest BCUT2D eigenvalue weighted by Crippen LogP contribution is 2.23. The molecule has 178 valence electrons. The van der Waals surface area contributed by atoms with Gasteiger partial charge in [0.05, 0.1) is 18.5 Å². The van der Waals surface area contributed by atoms with Gasteiger partial charge in [-0.05, 0) is 53.6 Å². The van der Waals surface area contributed by atoms with E-state index in [0.717, 1.165) is 40.5 Å². The summed E-state index contributed by atoms with van der Waals surface area (Å²) in [5, 5.41) is 18.6. The van der Waals surface area contributed by atoms with E-state index in [1.54, 1.807) is 17.6 Å². The number of esters is 1. The fraction of sp³-hybridized carbons (Fsp3) is 0.250. The molecule has 0 aliphatic heterocycles. The molecule has 0 atom stereocenters. The Balaban J connectivity index is 1.45. The normalized spacial score (nSPS) is 11.1. The Morgan fingerprint density at radius 2 is 2.00 bits per heavy atom. The van der Waals surface area contributed by atoms with Crippen molar-refractivity contribution < 1.29 is 9.53 Å². The number of aromatic amines is 1. The summed E-state index contributed by atoms with van der Waals surface area (Å²) in [4.78, 5) is 19.1. The molecular weight excluding hydrogens is 446 g/mol. The molecule has 35 heavy (non-hydrogen) atoms. The summed E-state index contributed by atoms with van der Waals surface area (Å²) in [7, 11) is 0. The number of aromatic nitrogens is 8. The Hall–Kier alpha value is -4.54. The van der Waals surface area contributed by atoms with Crippen LogP contribution in [-0.4, -0.2) is 58.9 Å². The predicted octanol–water partition coefficient (Wildman–Crippen LogP) is 2.83. The van der Waals surface area contributed by atoms with Crippen LogP contribution in [0, 0.1) is 0 Å². The Kier molecular flexibility index (Phi) is 6.20. The third-order valence-electron chi connectivity index (χ3n) is 5.63. The lowest BCUT2D eigenvalue weighted by atomic mass is 10.2. The van der Waals surface area contributed by atoms with Gasteiger partial charge in [0.2, 0.25) is 0 Å². The maximum atomic E-state index is 12.5. The summed E-state index contributed by atoms with van der Waals surface area (Å²) in [6, 6.07) is 15.9. The Morgan fingerprint density at radius 1 is 1.14 bits per heavy atom. The quantitative estimate of drug-likeness (QED) is 0.326. The summed E-state index contributed by atoms with van der Waals surface area (Å²) in [5.41, 5.74) is 4.53. The highest BCUT2D eigenvalue weighted by Gasteiger charge is 2.18. The maximum Gasteiger partial charge on any atom is 0.325 e. The van der Waals surface area contributed by atoms with Gasteiger partial charge in [-0.2, -0.15) is 9.61 Å². The molecule has 1 N–H and O–H groups in total. The predicted molar refractivity (Wildman–Crippen MR) is 129 cm³/mol.